The number of thioether (sulfide) groups is 1. The first kappa shape index (κ1) is 23.6. The van der Waals surface area contributed by atoms with Gasteiger partial charge in [0.25, 0.3) is 11.5 Å². The molecule has 8 nitrogen and oxygen atoms in total. The second kappa shape index (κ2) is 10.6. The summed E-state index contributed by atoms with van der Waals surface area (Å²) in [6, 6.07) is 17.5. The van der Waals surface area contributed by atoms with Crippen LogP contribution in [-0.4, -0.2) is 58.2 Å². The Bertz CT molecular complexity index is 1220. The Morgan fingerprint density at radius 3 is 2.35 bits per heavy atom. The first-order valence-electron chi connectivity index (χ1n) is 11.1. The lowest BCUT2D eigenvalue weighted by Crippen LogP contribution is -2.49. The summed E-state index contributed by atoms with van der Waals surface area (Å²) in [5.41, 5.74) is 2.34. The lowest BCUT2D eigenvalue weighted by atomic mass is 10.2. The average Bonchev–Trinajstić information content (AvgIpc) is 2.86. The van der Waals surface area contributed by atoms with Crippen LogP contribution in [0, 0.1) is 6.92 Å². The van der Waals surface area contributed by atoms with Crippen LogP contribution in [0.1, 0.15) is 15.9 Å². The smallest absolute Gasteiger partial charge is 0.266 e. The zero-order chi connectivity index (χ0) is 24.1. The number of rotatable bonds is 6. The molecule has 2 heterocycles. The zero-order valence-electron chi connectivity index (χ0n) is 19.2. The molecule has 0 saturated carbocycles. The zero-order valence-corrected chi connectivity index (χ0v) is 20.0. The average molecular weight is 478 g/mol. The van der Waals surface area contributed by atoms with Crippen molar-refractivity contribution in [3.8, 4) is 0 Å². The number of aromatic nitrogens is 2. The molecule has 0 atom stereocenters. The van der Waals surface area contributed by atoms with Gasteiger partial charge in [-0.2, -0.15) is 0 Å². The predicted molar refractivity (Wildman–Crippen MR) is 135 cm³/mol. The molecule has 4 rings (SSSR count). The van der Waals surface area contributed by atoms with Gasteiger partial charge in [0, 0.05) is 50.8 Å². The van der Waals surface area contributed by atoms with Gasteiger partial charge in [-0.25, -0.2) is 4.98 Å². The van der Waals surface area contributed by atoms with Crippen molar-refractivity contribution in [3.63, 3.8) is 0 Å². The number of nitrogens with one attached hydrogen (secondary N) is 1. The summed E-state index contributed by atoms with van der Waals surface area (Å²) in [7, 11) is 1.56. The highest BCUT2D eigenvalue weighted by atomic mass is 32.2. The summed E-state index contributed by atoms with van der Waals surface area (Å²) < 4.78 is 1.31. The van der Waals surface area contributed by atoms with Gasteiger partial charge >= 0.3 is 0 Å². The third-order valence-electron chi connectivity index (χ3n) is 5.76. The molecule has 2 amide bonds. The summed E-state index contributed by atoms with van der Waals surface area (Å²) >= 11 is 1.20. The van der Waals surface area contributed by atoms with Crippen molar-refractivity contribution in [2.75, 3.05) is 42.1 Å². The van der Waals surface area contributed by atoms with E-state index in [2.05, 4.69) is 27.3 Å². The number of carbonyl (C=O) groups excluding carboxylic acids is 2. The number of anilines is 2. The van der Waals surface area contributed by atoms with Crippen LogP contribution in [0.15, 0.2) is 70.7 Å². The minimum atomic E-state index is -0.513. The number of carbonyl (C=O) groups is 2. The highest BCUT2D eigenvalue weighted by Crippen LogP contribution is 2.18. The van der Waals surface area contributed by atoms with Crippen molar-refractivity contribution >= 4 is 35.0 Å². The molecule has 34 heavy (non-hydrogen) atoms. The lowest BCUT2D eigenvalue weighted by molar-refractivity contribution is -0.128. The number of amides is 2. The molecule has 1 aromatic heterocycles. The van der Waals surface area contributed by atoms with E-state index in [-0.39, 0.29) is 17.2 Å². The van der Waals surface area contributed by atoms with Gasteiger partial charge in [-0.05, 0) is 31.2 Å². The Hall–Kier alpha value is -3.59. The molecule has 0 unspecified atom stereocenters. The molecule has 0 spiro atoms. The number of para-hydroxylation sites is 1. The molecular formula is C25H27N5O3S. The molecule has 0 radical (unpaired) electrons. The number of aryl methyl sites for hydroxylation is 1. The highest BCUT2D eigenvalue weighted by Gasteiger charge is 2.22. The maximum atomic E-state index is 12.7. The first-order chi connectivity index (χ1) is 16.4. The van der Waals surface area contributed by atoms with E-state index in [9.17, 15) is 14.4 Å². The normalized spacial score (nSPS) is 13.6. The molecule has 176 valence electrons. The van der Waals surface area contributed by atoms with Crippen molar-refractivity contribution in [3.05, 3.63) is 82.3 Å². The van der Waals surface area contributed by atoms with Crippen molar-refractivity contribution in [1.82, 2.24) is 14.5 Å². The fourth-order valence-electron chi connectivity index (χ4n) is 3.72. The molecule has 1 aliphatic rings. The maximum Gasteiger partial charge on any atom is 0.266 e. The Morgan fingerprint density at radius 1 is 1.00 bits per heavy atom. The molecule has 3 aromatic rings. The van der Waals surface area contributed by atoms with E-state index in [1.165, 1.54) is 22.5 Å². The molecule has 0 aliphatic carbocycles. The predicted octanol–water partition coefficient (Wildman–Crippen LogP) is 2.78. The van der Waals surface area contributed by atoms with Crippen LogP contribution < -0.4 is 15.8 Å². The maximum absolute atomic E-state index is 12.7. The van der Waals surface area contributed by atoms with Gasteiger partial charge in [-0.15, -0.1) is 0 Å². The van der Waals surface area contributed by atoms with Crippen molar-refractivity contribution < 1.29 is 9.59 Å². The van der Waals surface area contributed by atoms with Crippen LogP contribution in [0.3, 0.4) is 0 Å². The van der Waals surface area contributed by atoms with Gasteiger partial charge in [-0.3, -0.25) is 19.0 Å². The number of hydrogen-bond acceptors (Lipinski definition) is 6. The Labute approximate surface area is 202 Å². The topological polar surface area (TPSA) is 87.5 Å². The number of nitrogens with zero attached hydrogens (tertiary/aromatic N) is 4. The van der Waals surface area contributed by atoms with Crippen LogP contribution in [0.2, 0.25) is 0 Å². The third kappa shape index (κ3) is 5.48. The summed E-state index contributed by atoms with van der Waals surface area (Å²) in [4.78, 5) is 46.4. The van der Waals surface area contributed by atoms with Crippen LogP contribution in [0.4, 0.5) is 11.4 Å². The van der Waals surface area contributed by atoms with E-state index in [1.54, 1.807) is 19.2 Å². The number of benzene rings is 2. The molecule has 0 bridgehead atoms. The minimum absolute atomic E-state index is 0.00755. The Kier molecular flexibility index (Phi) is 7.32. The SMILES string of the molecule is Cc1ccc(NC(=O)c2cnc(SCC(=O)N3CCN(c4ccccc4)CC3)n(C)c2=O)cc1. The van der Waals surface area contributed by atoms with Gasteiger partial charge in [0.2, 0.25) is 5.91 Å². The first-order valence-corrected chi connectivity index (χ1v) is 12.1. The number of piperazine rings is 1. The fourth-order valence-corrected chi connectivity index (χ4v) is 4.56. The van der Waals surface area contributed by atoms with E-state index in [0.717, 1.165) is 24.3 Å². The Morgan fingerprint density at radius 2 is 1.68 bits per heavy atom. The second-order valence-electron chi connectivity index (χ2n) is 8.13. The molecule has 9 heteroatoms. The van der Waals surface area contributed by atoms with E-state index in [1.807, 2.05) is 42.2 Å². The standard InChI is InChI=1S/C25H27N5O3S/c1-18-8-10-19(11-9-18)27-23(32)21-16-26-25(28(2)24(21)33)34-17-22(31)30-14-12-29(13-15-30)20-6-4-3-5-7-20/h3-11,16H,12-15,17H2,1-2H3,(H,27,32). The molecule has 2 aromatic carbocycles. The molecule has 1 aliphatic heterocycles. The summed E-state index contributed by atoms with van der Waals surface area (Å²) in [5, 5.41) is 3.11. The monoisotopic (exact) mass is 477 g/mol. The number of hydrogen-bond donors (Lipinski definition) is 1. The van der Waals surface area contributed by atoms with Gasteiger partial charge < -0.3 is 15.1 Å². The largest absolute Gasteiger partial charge is 0.368 e. The van der Waals surface area contributed by atoms with Crippen LogP contribution in [-0.2, 0) is 11.8 Å². The van der Waals surface area contributed by atoms with E-state index >= 15 is 0 Å². The van der Waals surface area contributed by atoms with E-state index in [4.69, 9.17) is 0 Å². The van der Waals surface area contributed by atoms with Crippen molar-refractivity contribution in [1.29, 1.82) is 0 Å². The van der Waals surface area contributed by atoms with Gasteiger partial charge in [-0.1, -0.05) is 47.7 Å². The van der Waals surface area contributed by atoms with Crippen molar-refractivity contribution in [2.24, 2.45) is 7.05 Å². The van der Waals surface area contributed by atoms with E-state index in [0.29, 0.717) is 23.9 Å². The molecule has 1 fully saturated rings. The summed E-state index contributed by atoms with van der Waals surface area (Å²) in [5.74, 6) is -0.324. The second-order valence-corrected chi connectivity index (χ2v) is 9.07. The van der Waals surface area contributed by atoms with Gasteiger partial charge in [0.05, 0.1) is 5.75 Å². The van der Waals surface area contributed by atoms with Crippen molar-refractivity contribution in [2.45, 2.75) is 12.1 Å². The van der Waals surface area contributed by atoms with Crippen LogP contribution in [0.5, 0.6) is 0 Å². The summed E-state index contributed by atoms with van der Waals surface area (Å²) in [6.45, 7) is 4.82. The molecule has 1 saturated heterocycles. The van der Waals surface area contributed by atoms with E-state index < -0.39 is 11.5 Å². The highest BCUT2D eigenvalue weighted by molar-refractivity contribution is 7.99. The Balaban J connectivity index is 1.33. The van der Waals surface area contributed by atoms with Crippen LogP contribution >= 0.6 is 11.8 Å². The lowest BCUT2D eigenvalue weighted by Gasteiger charge is -2.36. The minimum Gasteiger partial charge on any atom is -0.368 e. The van der Waals surface area contributed by atoms with Gasteiger partial charge in [0.15, 0.2) is 5.16 Å². The summed E-state index contributed by atoms with van der Waals surface area (Å²) in [6.07, 6.45) is 1.28. The molecule has 1 N–H and O–H groups in total. The molecular weight excluding hydrogens is 450 g/mol. The van der Waals surface area contributed by atoms with Crippen LogP contribution in [0.25, 0.3) is 0 Å². The fraction of sp³-hybridized carbons (Fsp3) is 0.280. The quantitative estimate of drug-likeness (QED) is 0.434. The third-order valence-corrected chi connectivity index (χ3v) is 6.79. The van der Waals surface area contributed by atoms with Gasteiger partial charge in [0.1, 0.15) is 5.56 Å².